The average Bonchev–Trinajstić information content (AvgIpc) is 2.28. The molecule has 0 saturated carbocycles. The fourth-order valence-electron chi connectivity index (χ4n) is 1.19. The molecule has 0 aliphatic heterocycles. The van der Waals surface area contributed by atoms with E-state index in [1.807, 2.05) is 6.07 Å². The molecule has 4 nitrogen and oxygen atoms in total. The van der Waals surface area contributed by atoms with Crippen molar-refractivity contribution in [2.24, 2.45) is 0 Å². The molecule has 0 fully saturated rings. The lowest BCUT2D eigenvalue weighted by molar-refractivity contribution is 0.0797. The molecule has 0 aliphatic rings. The van der Waals surface area contributed by atoms with Crippen LogP contribution in [0.25, 0.3) is 0 Å². The van der Waals surface area contributed by atoms with Gasteiger partial charge in [-0.25, -0.2) is 0 Å². The molecule has 0 radical (unpaired) electrons. The Morgan fingerprint density at radius 3 is 2.88 bits per heavy atom. The molecule has 0 bridgehead atoms. The Kier molecular flexibility index (Phi) is 4.32. The van der Waals surface area contributed by atoms with Gasteiger partial charge in [-0.15, -0.1) is 0 Å². The van der Waals surface area contributed by atoms with E-state index in [0.29, 0.717) is 23.0 Å². The van der Waals surface area contributed by atoms with Crippen molar-refractivity contribution in [2.75, 3.05) is 13.6 Å². The maximum Gasteiger partial charge on any atom is 0.253 e. The molecule has 0 aromatic heterocycles. The van der Waals surface area contributed by atoms with E-state index in [1.165, 1.54) is 11.0 Å². The van der Waals surface area contributed by atoms with Gasteiger partial charge in [-0.2, -0.15) is 5.26 Å². The first-order valence-corrected chi connectivity index (χ1v) is 5.46. The van der Waals surface area contributed by atoms with Gasteiger partial charge in [0.05, 0.1) is 17.0 Å². The lowest BCUT2D eigenvalue weighted by Crippen LogP contribution is -2.27. The Balaban J connectivity index is 2.80. The van der Waals surface area contributed by atoms with Crippen LogP contribution in [-0.2, 0) is 0 Å². The molecule has 0 aliphatic carbocycles. The second-order valence-electron chi connectivity index (χ2n) is 3.30. The fraction of sp³-hybridized carbons (Fsp3) is 0.273. The molecule has 1 aromatic carbocycles. The molecule has 0 spiro atoms. The number of nitrogens with zero attached hydrogens (tertiary/aromatic N) is 2. The van der Waals surface area contributed by atoms with Gasteiger partial charge in [0, 0.05) is 19.2 Å². The van der Waals surface area contributed by atoms with E-state index in [9.17, 15) is 9.90 Å². The van der Waals surface area contributed by atoms with Gasteiger partial charge in [0.15, 0.2) is 0 Å². The van der Waals surface area contributed by atoms with Crippen molar-refractivity contribution < 1.29 is 9.90 Å². The first-order chi connectivity index (χ1) is 7.56. The topological polar surface area (TPSA) is 64.3 Å². The summed E-state index contributed by atoms with van der Waals surface area (Å²) in [6.07, 6.45) is 0.296. The van der Waals surface area contributed by atoms with Gasteiger partial charge in [-0.3, -0.25) is 4.79 Å². The van der Waals surface area contributed by atoms with Crippen LogP contribution in [0, 0.1) is 11.3 Å². The molecule has 0 heterocycles. The van der Waals surface area contributed by atoms with Crippen molar-refractivity contribution in [1.82, 2.24) is 4.90 Å². The summed E-state index contributed by atoms with van der Waals surface area (Å²) in [7, 11) is 1.62. The largest absolute Gasteiger partial charge is 0.507 e. The number of aromatic hydroxyl groups is 1. The summed E-state index contributed by atoms with van der Waals surface area (Å²) < 4.78 is 0.545. The van der Waals surface area contributed by atoms with E-state index in [0.717, 1.165) is 0 Å². The SMILES string of the molecule is CN(CCC#N)C(=O)c1ccc(Br)c(O)c1. The van der Waals surface area contributed by atoms with Gasteiger partial charge in [0.25, 0.3) is 5.91 Å². The number of carbonyl (C=O) groups excluding carboxylic acids is 1. The van der Waals surface area contributed by atoms with Gasteiger partial charge in [-0.05, 0) is 34.1 Å². The Labute approximate surface area is 102 Å². The maximum atomic E-state index is 11.8. The predicted octanol–water partition coefficient (Wildman–Crippen LogP) is 2.14. The molecular weight excluding hydrogens is 272 g/mol. The number of rotatable bonds is 3. The van der Waals surface area contributed by atoms with Gasteiger partial charge in [-0.1, -0.05) is 0 Å². The van der Waals surface area contributed by atoms with E-state index in [4.69, 9.17) is 5.26 Å². The first kappa shape index (κ1) is 12.5. The Hall–Kier alpha value is -1.54. The second-order valence-corrected chi connectivity index (χ2v) is 4.16. The number of carbonyl (C=O) groups is 1. The van der Waals surface area contributed by atoms with Crippen LogP contribution < -0.4 is 0 Å². The van der Waals surface area contributed by atoms with E-state index in [2.05, 4.69) is 15.9 Å². The lowest BCUT2D eigenvalue weighted by Gasteiger charge is -2.15. The zero-order chi connectivity index (χ0) is 12.1. The molecule has 0 unspecified atom stereocenters. The van der Waals surface area contributed by atoms with Crippen molar-refractivity contribution >= 4 is 21.8 Å². The van der Waals surface area contributed by atoms with Crippen molar-refractivity contribution in [3.05, 3.63) is 28.2 Å². The van der Waals surface area contributed by atoms with Crippen LogP contribution in [0.5, 0.6) is 5.75 Å². The predicted molar refractivity (Wildman–Crippen MR) is 63.0 cm³/mol. The summed E-state index contributed by atoms with van der Waals surface area (Å²) in [5.74, 6) is -0.183. The number of hydrogen-bond acceptors (Lipinski definition) is 3. The van der Waals surface area contributed by atoms with Crippen LogP contribution >= 0.6 is 15.9 Å². The van der Waals surface area contributed by atoms with Gasteiger partial charge in [0.1, 0.15) is 5.75 Å². The third kappa shape index (κ3) is 2.97. The Bertz CT molecular complexity index is 440. The molecule has 16 heavy (non-hydrogen) atoms. The minimum Gasteiger partial charge on any atom is -0.507 e. The first-order valence-electron chi connectivity index (χ1n) is 4.67. The molecule has 0 saturated heterocycles. The molecule has 5 heteroatoms. The number of phenols is 1. The number of phenolic OH excluding ortho intramolecular Hbond substituents is 1. The highest BCUT2D eigenvalue weighted by Gasteiger charge is 2.12. The normalized spacial score (nSPS) is 9.56. The minimum atomic E-state index is -0.210. The molecule has 1 aromatic rings. The number of halogens is 1. The summed E-state index contributed by atoms with van der Waals surface area (Å²) in [6, 6.07) is 6.60. The summed E-state index contributed by atoms with van der Waals surface area (Å²) >= 11 is 3.14. The Morgan fingerprint density at radius 2 is 2.31 bits per heavy atom. The molecule has 84 valence electrons. The standard InChI is InChI=1S/C11H11BrN2O2/c1-14(6-2-5-13)11(16)8-3-4-9(12)10(15)7-8/h3-4,7,15H,2,6H2,1H3. The number of amides is 1. The van der Waals surface area contributed by atoms with Crippen molar-refractivity contribution in [3.8, 4) is 11.8 Å². The van der Waals surface area contributed by atoms with Crippen LogP contribution in [0.3, 0.4) is 0 Å². The smallest absolute Gasteiger partial charge is 0.253 e. The summed E-state index contributed by atoms with van der Waals surface area (Å²) in [4.78, 5) is 13.3. The van der Waals surface area contributed by atoms with Crippen LogP contribution in [0.15, 0.2) is 22.7 Å². The van der Waals surface area contributed by atoms with Gasteiger partial charge >= 0.3 is 0 Å². The summed E-state index contributed by atoms with van der Waals surface area (Å²) in [6.45, 7) is 0.381. The third-order valence-electron chi connectivity index (χ3n) is 2.10. The van der Waals surface area contributed by atoms with E-state index in [1.54, 1.807) is 19.2 Å². The third-order valence-corrected chi connectivity index (χ3v) is 2.77. The highest BCUT2D eigenvalue weighted by molar-refractivity contribution is 9.10. The average molecular weight is 283 g/mol. The summed E-state index contributed by atoms with van der Waals surface area (Å²) in [5.41, 5.74) is 0.404. The molecule has 0 atom stereocenters. The van der Waals surface area contributed by atoms with E-state index in [-0.39, 0.29) is 11.7 Å². The zero-order valence-electron chi connectivity index (χ0n) is 8.77. The van der Waals surface area contributed by atoms with Gasteiger partial charge in [0.2, 0.25) is 0 Å². The number of nitriles is 1. The van der Waals surface area contributed by atoms with Crippen molar-refractivity contribution in [3.63, 3.8) is 0 Å². The number of benzene rings is 1. The quantitative estimate of drug-likeness (QED) is 0.924. The van der Waals surface area contributed by atoms with E-state index >= 15 is 0 Å². The Morgan fingerprint density at radius 1 is 1.62 bits per heavy atom. The van der Waals surface area contributed by atoms with Crippen LogP contribution in [-0.4, -0.2) is 29.5 Å². The second kappa shape index (κ2) is 5.52. The molecular formula is C11H11BrN2O2. The zero-order valence-corrected chi connectivity index (χ0v) is 10.4. The summed E-state index contributed by atoms with van der Waals surface area (Å²) in [5, 5.41) is 17.9. The highest BCUT2D eigenvalue weighted by Crippen LogP contribution is 2.24. The van der Waals surface area contributed by atoms with Crippen LogP contribution in [0.4, 0.5) is 0 Å². The fourth-order valence-corrected chi connectivity index (χ4v) is 1.43. The molecule has 1 N–H and O–H groups in total. The van der Waals surface area contributed by atoms with Gasteiger partial charge < -0.3 is 10.0 Å². The maximum absolute atomic E-state index is 11.8. The monoisotopic (exact) mass is 282 g/mol. The molecule has 1 amide bonds. The number of hydrogen-bond donors (Lipinski definition) is 1. The highest BCUT2D eigenvalue weighted by atomic mass is 79.9. The van der Waals surface area contributed by atoms with Crippen molar-refractivity contribution in [1.29, 1.82) is 5.26 Å². The van der Waals surface area contributed by atoms with E-state index < -0.39 is 0 Å². The minimum absolute atomic E-state index is 0.0273. The van der Waals surface area contributed by atoms with Crippen LogP contribution in [0.1, 0.15) is 16.8 Å². The lowest BCUT2D eigenvalue weighted by atomic mass is 10.2. The molecule has 1 rings (SSSR count). The van der Waals surface area contributed by atoms with Crippen LogP contribution in [0.2, 0.25) is 0 Å². The van der Waals surface area contributed by atoms with Crippen molar-refractivity contribution in [2.45, 2.75) is 6.42 Å².